The molecule has 150 valence electrons. The lowest BCUT2D eigenvalue weighted by molar-refractivity contribution is -0.207. The molecule has 0 saturated heterocycles. The van der Waals surface area contributed by atoms with E-state index in [1.165, 1.54) is 24.8 Å². The van der Waals surface area contributed by atoms with Crippen molar-refractivity contribution in [2.75, 3.05) is 6.54 Å². The summed E-state index contributed by atoms with van der Waals surface area (Å²) in [7, 11) is 0. The van der Waals surface area contributed by atoms with Crippen LogP contribution in [0.25, 0.3) is 0 Å². The number of ether oxygens (including phenoxy) is 1. The van der Waals surface area contributed by atoms with Gasteiger partial charge in [0.2, 0.25) is 5.91 Å². The van der Waals surface area contributed by atoms with E-state index in [0.29, 0.717) is 5.41 Å². The minimum absolute atomic E-state index is 0.0274. The molecule has 4 aliphatic rings. The number of carbonyl (C=O) groups excluding carboxylic acids is 2. The molecule has 2 N–H and O–H groups in total. The summed E-state index contributed by atoms with van der Waals surface area (Å²) < 4.78 is 5.23. The van der Waals surface area contributed by atoms with Gasteiger partial charge in [0, 0.05) is 11.0 Å². The van der Waals surface area contributed by atoms with Crippen molar-refractivity contribution in [2.45, 2.75) is 69.4 Å². The standard InChI is InChI=1S/C23H30N2O3/c1-20(2,3)28-19(27)24-12-18(26)25-22-11-17-9-16-10-21(13-22,14-23(16,17)22)15-7-5-4-6-8-15/h4-8,16-17H,9-14H2,1-3H3,(H,24,27)(H,25,26). The maximum absolute atomic E-state index is 12.7. The topological polar surface area (TPSA) is 67.4 Å². The molecule has 2 amide bonds. The van der Waals surface area contributed by atoms with E-state index in [9.17, 15) is 9.59 Å². The van der Waals surface area contributed by atoms with Gasteiger partial charge in [-0.2, -0.15) is 0 Å². The van der Waals surface area contributed by atoms with Crippen molar-refractivity contribution >= 4 is 12.0 Å². The number of benzene rings is 1. The smallest absolute Gasteiger partial charge is 0.408 e. The van der Waals surface area contributed by atoms with E-state index in [0.717, 1.165) is 24.7 Å². The largest absolute Gasteiger partial charge is 0.444 e. The highest BCUT2D eigenvalue weighted by Gasteiger charge is 2.84. The average molecular weight is 383 g/mol. The molecule has 28 heavy (non-hydrogen) atoms. The van der Waals surface area contributed by atoms with Crippen molar-refractivity contribution in [3.05, 3.63) is 35.9 Å². The van der Waals surface area contributed by atoms with Gasteiger partial charge in [-0.25, -0.2) is 4.79 Å². The number of carbonyl (C=O) groups is 2. The molecule has 0 radical (unpaired) electrons. The van der Waals surface area contributed by atoms with Crippen LogP contribution in [0.3, 0.4) is 0 Å². The van der Waals surface area contributed by atoms with Gasteiger partial charge in [0.25, 0.3) is 0 Å². The Morgan fingerprint density at radius 2 is 1.82 bits per heavy atom. The maximum Gasteiger partial charge on any atom is 0.408 e. The lowest BCUT2D eigenvalue weighted by Crippen LogP contribution is -2.77. The number of alkyl carbamates (subject to hydrolysis) is 1. The summed E-state index contributed by atoms with van der Waals surface area (Å²) in [6.45, 7) is 5.41. The zero-order valence-corrected chi connectivity index (χ0v) is 17.0. The fourth-order valence-corrected chi connectivity index (χ4v) is 7.34. The quantitative estimate of drug-likeness (QED) is 0.837. The predicted molar refractivity (Wildman–Crippen MR) is 106 cm³/mol. The van der Waals surface area contributed by atoms with Crippen molar-refractivity contribution in [1.82, 2.24) is 10.6 Å². The Labute approximate surface area is 166 Å². The van der Waals surface area contributed by atoms with Gasteiger partial charge in [-0.3, -0.25) is 4.79 Å². The minimum Gasteiger partial charge on any atom is -0.444 e. The summed E-state index contributed by atoms with van der Waals surface area (Å²) in [6.07, 6.45) is 5.38. The summed E-state index contributed by atoms with van der Waals surface area (Å²) in [5, 5.41) is 5.98. The van der Waals surface area contributed by atoms with Crippen LogP contribution in [-0.4, -0.2) is 29.7 Å². The third-order valence-corrected chi connectivity index (χ3v) is 7.98. The first-order valence-corrected chi connectivity index (χ1v) is 10.5. The molecule has 5 nitrogen and oxygen atoms in total. The van der Waals surface area contributed by atoms with E-state index < -0.39 is 11.7 Å². The van der Waals surface area contributed by atoms with Crippen LogP contribution in [0, 0.1) is 17.3 Å². The Morgan fingerprint density at radius 1 is 1.11 bits per heavy atom. The monoisotopic (exact) mass is 382 g/mol. The van der Waals surface area contributed by atoms with E-state index in [2.05, 4.69) is 41.0 Å². The zero-order chi connectivity index (χ0) is 19.8. The summed E-state index contributed by atoms with van der Waals surface area (Å²) >= 11 is 0. The molecule has 4 aliphatic carbocycles. The molecule has 0 aromatic heterocycles. The predicted octanol–water partition coefficient (Wildman–Crippen LogP) is 3.53. The zero-order valence-electron chi connectivity index (χ0n) is 17.0. The van der Waals surface area contributed by atoms with Crippen LogP contribution in [0.1, 0.15) is 58.4 Å². The van der Waals surface area contributed by atoms with Crippen molar-refractivity contribution in [1.29, 1.82) is 0 Å². The lowest BCUT2D eigenvalue weighted by atomic mass is 9.35. The molecule has 0 heterocycles. The van der Waals surface area contributed by atoms with Crippen LogP contribution in [0.15, 0.2) is 30.3 Å². The maximum atomic E-state index is 12.7. The highest BCUT2D eigenvalue weighted by molar-refractivity contribution is 5.83. The average Bonchev–Trinajstić information content (AvgIpc) is 3.05. The first-order chi connectivity index (χ1) is 13.2. The van der Waals surface area contributed by atoms with E-state index in [4.69, 9.17) is 4.74 Å². The van der Waals surface area contributed by atoms with Gasteiger partial charge in [-0.15, -0.1) is 0 Å². The summed E-state index contributed by atoms with van der Waals surface area (Å²) in [4.78, 5) is 24.6. The van der Waals surface area contributed by atoms with Gasteiger partial charge in [-0.05, 0) is 75.7 Å². The van der Waals surface area contributed by atoms with Gasteiger partial charge in [0.15, 0.2) is 0 Å². The molecule has 4 saturated carbocycles. The van der Waals surface area contributed by atoms with E-state index in [1.807, 2.05) is 20.8 Å². The molecule has 5 unspecified atom stereocenters. The summed E-state index contributed by atoms with van der Waals surface area (Å²) in [6, 6.07) is 10.9. The minimum atomic E-state index is -0.564. The Bertz CT molecular complexity index is 832. The number of hydrogen-bond donors (Lipinski definition) is 2. The molecule has 5 rings (SSSR count). The van der Waals surface area contributed by atoms with Crippen LogP contribution in [0.4, 0.5) is 4.79 Å². The first-order valence-electron chi connectivity index (χ1n) is 10.5. The highest BCUT2D eigenvalue weighted by Crippen LogP contribution is 2.85. The molecule has 0 aliphatic heterocycles. The molecule has 4 fully saturated rings. The first kappa shape index (κ1) is 18.0. The van der Waals surface area contributed by atoms with Gasteiger partial charge in [0.1, 0.15) is 12.1 Å². The highest BCUT2D eigenvalue weighted by atomic mass is 16.6. The third-order valence-electron chi connectivity index (χ3n) is 7.98. The van der Waals surface area contributed by atoms with Crippen LogP contribution < -0.4 is 10.6 Å². The molecule has 2 bridgehead atoms. The normalized spacial score (nSPS) is 39.4. The number of hydrogen-bond acceptors (Lipinski definition) is 3. The Kier molecular flexibility index (Phi) is 3.55. The molecule has 1 spiro atoms. The molecule has 5 atom stereocenters. The molecule has 5 heteroatoms. The molecule has 1 aromatic carbocycles. The fraction of sp³-hybridized carbons (Fsp3) is 0.652. The molecule has 1 aromatic rings. The van der Waals surface area contributed by atoms with Crippen LogP contribution in [0.5, 0.6) is 0 Å². The Morgan fingerprint density at radius 3 is 2.50 bits per heavy atom. The van der Waals surface area contributed by atoms with E-state index in [1.54, 1.807) is 0 Å². The van der Waals surface area contributed by atoms with Crippen molar-refractivity contribution in [2.24, 2.45) is 17.3 Å². The number of amides is 2. The number of rotatable bonds is 4. The number of nitrogens with one attached hydrogen (secondary N) is 2. The fourth-order valence-electron chi connectivity index (χ4n) is 7.34. The van der Waals surface area contributed by atoms with Crippen molar-refractivity contribution < 1.29 is 14.3 Å². The second-order valence-electron chi connectivity index (χ2n) is 10.6. The van der Waals surface area contributed by atoms with Gasteiger partial charge >= 0.3 is 6.09 Å². The van der Waals surface area contributed by atoms with Gasteiger partial charge in [0.05, 0.1) is 0 Å². The number of fused-ring (bicyclic) bond motifs is 1. The second kappa shape index (κ2) is 5.52. The lowest BCUT2D eigenvalue weighted by Gasteiger charge is -2.73. The van der Waals surface area contributed by atoms with E-state index in [-0.39, 0.29) is 23.4 Å². The third kappa shape index (κ3) is 2.31. The van der Waals surface area contributed by atoms with Crippen LogP contribution in [-0.2, 0) is 14.9 Å². The molecular weight excluding hydrogens is 352 g/mol. The van der Waals surface area contributed by atoms with Crippen molar-refractivity contribution in [3.63, 3.8) is 0 Å². The molecular formula is C23H30N2O3. The van der Waals surface area contributed by atoms with E-state index >= 15 is 0 Å². The Balaban J connectivity index is 1.29. The van der Waals surface area contributed by atoms with Crippen LogP contribution in [0.2, 0.25) is 0 Å². The summed E-state index contributed by atoms with van der Waals surface area (Å²) in [5.74, 6) is 1.41. The SMILES string of the molecule is CC(C)(C)OC(=O)NCC(=O)NC12CC3CC4CC(c5ccccc5)(C1)CC432. The van der Waals surface area contributed by atoms with Crippen LogP contribution >= 0.6 is 0 Å². The Hall–Kier alpha value is -2.04. The van der Waals surface area contributed by atoms with Gasteiger partial charge < -0.3 is 15.4 Å². The van der Waals surface area contributed by atoms with Crippen molar-refractivity contribution in [3.8, 4) is 0 Å². The summed E-state index contributed by atoms with van der Waals surface area (Å²) in [5.41, 5.74) is 1.30. The second-order valence-corrected chi connectivity index (χ2v) is 10.6. The van der Waals surface area contributed by atoms with Gasteiger partial charge in [-0.1, -0.05) is 30.3 Å².